The van der Waals surface area contributed by atoms with Crippen molar-refractivity contribution >= 4 is 22.9 Å². The van der Waals surface area contributed by atoms with Crippen molar-refractivity contribution in [3.05, 3.63) is 16.1 Å². The summed E-state index contributed by atoms with van der Waals surface area (Å²) in [6.45, 7) is 6.22. The van der Waals surface area contributed by atoms with Crippen LogP contribution in [0, 0.1) is 5.92 Å². The quantitative estimate of drug-likeness (QED) is 0.525. The fourth-order valence-corrected chi connectivity index (χ4v) is 3.97. The Morgan fingerprint density at radius 2 is 2.37 bits per heavy atom. The number of alkyl halides is 1. The van der Waals surface area contributed by atoms with Gasteiger partial charge in [0.1, 0.15) is 0 Å². The summed E-state index contributed by atoms with van der Waals surface area (Å²) in [4.78, 5) is 7.15. The fraction of sp³-hybridized carbons (Fsp3) is 0.800. The van der Waals surface area contributed by atoms with Crippen molar-refractivity contribution in [3.8, 4) is 0 Å². The Balaban J connectivity index is 1.57. The lowest BCUT2D eigenvalue weighted by Gasteiger charge is -2.15. The highest BCUT2D eigenvalue weighted by atomic mass is 35.5. The maximum Gasteiger partial charge on any atom is 0.0928 e. The molecule has 0 amide bonds. The van der Waals surface area contributed by atoms with Gasteiger partial charge < -0.3 is 4.90 Å². The molecule has 2 rings (SSSR count). The Morgan fingerprint density at radius 1 is 1.47 bits per heavy atom. The van der Waals surface area contributed by atoms with Crippen molar-refractivity contribution in [2.45, 2.75) is 51.3 Å². The molecule has 19 heavy (non-hydrogen) atoms. The van der Waals surface area contributed by atoms with E-state index >= 15 is 0 Å². The van der Waals surface area contributed by atoms with Crippen molar-refractivity contribution in [2.24, 2.45) is 5.92 Å². The van der Waals surface area contributed by atoms with Gasteiger partial charge in [0.15, 0.2) is 0 Å². The van der Waals surface area contributed by atoms with Crippen LogP contribution in [0.2, 0.25) is 0 Å². The average molecular weight is 301 g/mol. The first-order valence-corrected chi connectivity index (χ1v) is 8.94. The van der Waals surface area contributed by atoms with Crippen molar-refractivity contribution in [3.63, 3.8) is 0 Å². The Bertz CT molecular complexity index is 367. The lowest BCUT2D eigenvalue weighted by molar-refractivity contribution is 0.313. The number of nitrogens with zero attached hydrogens (tertiary/aromatic N) is 2. The number of aromatic nitrogens is 1. The molecule has 0 saturated carbocycles. The third-order valence-corrected chi connectivity index (χ3v) is 5.15. The SMILES string of the molecule is CCCC1CCN(CCCCc2nc(CCl)cs2)C1. The van der Waals surface area contributed by atoms with Crippen molar-refractivity contribution in [1.82, 2.24) is 9.88 Å². The van der Waals surface area contributed by atoms with Crippen LogP contribution in [0.3, 0.4) is 0 Å². The molecule has 108 valence electrons. The predicted octanol–water partition coefficient (Wildman–Crippen LogP) is 4.33. The van der Waals surface area contributed by atoms with Gasteiger partial charge in [-0.3, -0.25) is 0 Å². The van der Waals surface area contributed by atoms with Crippen molar-refractivity contribution < 1.29 is 0 Å². The first-order valence-electron chi connectivity index (χ1n) is 7.53. The summed E-state index contributed by atoms with van der Waals surface area (Å²) < 4.78 is 0. The molecule has 1 fully saturated rings. The van der Waals surface area contributed by atoms with E-state index < -0.39 is 0 Å². The number of aryl methyl sites for hydroxylation is 1. The second-order valence-electron chi connectivity index (χ2n) is 5.57. The molecule has 1 aliphatic heterocycles. The molecule has 0 radical (unpaired) electrons. The monoisotopic (exact) mass is 300 g/mol. The highest BCUT2D eigenvalue weighted by Gasteiger charge is 2.20. The van der Waals surface area contributed by atoms with E-state index in [0.717, 1.165) is 18.0 Å². The van der Waals surface area contributed by atoms with Crippen LogP contribution in [0.1, 0.15) is 49.7 Å². The van der Waals surface area contributed by atoms with Gasteiger partial charge in [0.2, 0.25) is 0 Å². The van der Waals surface area contributed by atoms with Gasteiger partial charge in [0.25, 0.3) is 0 Å². The average Bonchev–Trinajstić information content (AvgIpc) is 3.04. The highest BCUT2D eigenvalue weighted by Crippen LogP contribution is 2.21. The molecule has 0 spiro atoms. The molecule has 1 aromatic heterocycles. The Hall–Kier alpha value is -0.120. The van der Waals surface area contributed by atoms with Crippen molar-refractivity contribution in [1.29, 1.82) is 0 Å². The molecular formula is C15H25ClN2S. The zero-order valence-corrected chi connectivity index (χ0v) is 13.5. The Labute approximate surface area is 126 Å². The van der Waals surface area contributed by atoms with E-state index in [2.05, 4.69) is 22.2 Å². The summed E-state index contributed by atoms with van der Waals surface area (Å²) in [6, 6.07) is 0. The van der Waals surface area contributed by atoms with Crippen LogP contribution in [-0.4, -0.2) is 29.5 Å². The summed E-state index contributed by atoms with van der Waals surface area (Å²) in [7, 11) is 0. The molecule has 1 unspecified atom stereocenters. The van der Waals surface area contributed by atoms with Gasteiger partial charge in [-0.2, -0.15) is 0 Å². The van der Waals surface area contributed by atoms with E-state index in [4.69, 9.17) is 11.6 Å². The molecule has 2 heterocycles. The minimum atomic E-state index is 0.545. The van der Waals surface area contributed by atoms with E-state index in [-0.39, 0.29) is 0 Å². The maximum absolute atomic E-state index is 5.76. The maximum atomic E-state index is 5.76. The van der Waals surface area contributed by atoms with Gasteiger partial charge >= 0.3 is 0 Å². The number of hydrogen-bond acceptors (Lipinski definition) is 3. The summed E-state index contributed by atoms with van der Waals surface area (Å²) in [5, 5.41) is 3.33. The molecule has 0 N–H and O–H groups in total. The van der Waals surface area contributed by atoms with E-state index in [0.29, 0.717) is 5.88 Å². The summed E-state index contributed by atoms with van der Waals surface area (Å²) in [6.07, 6.45) is 7.84. The number of rotatable bonds is 8. The first kappa shape index (κ1) is 15.3. The second kappa shape index (κ2) is 8.23. The van der Waals surface area contributed by atoms with Gasteiger partial charge in [0.05, 0.1) is 16.6 Å². The Kier molecular flexibility index (Phi) is 6.62. The predicted molar refractivity (Wildman–Crippen MR) is 84.1 cm³/mol. The van der Waals surface area contributed by atoms with E-state index in [9.17, 15) is 0 Å². The topological polar surface area (TPSA) is 16.1 Å². The van der Waals surface area contributed by atoms with Crippen LogP contribution >= 0.6 is 22.9 Å². The summed E-state index contributed by atoms with van der Waals surface area (Å²) in [5.74, 6) is 1.51. The van der Waals surface area contributed by atoms with E-state index in [1.165, 1.54) is 56.7 Å². The van der Waals surface area contributed by atoms with Crippen LogP contribution in [-0.2, 0) is 12.3 Å². The standard InChI is InChI=1S/C15H25ClN2S/c1-2-5-13-7-9-18(11-13)8-4-3-6-15-17-14(10-16)12-19-15/h12-13H,2-11H2,1H3. The van der Waals surface area contributed by atoms with E-state index in [1.54, 1.807) is 11.3 Å². The van der Waals surface area contributed by atoms with E-state index in [1.807, 2.05) is 0 Å². The number of hydrogen-bond donors (Lipinski definition) is 0. The lowest BCUT2D eigenvalue weighted by Crippen LogP contribution is -2.22. The smallest absolute Gasteiger partial charge is 0.0928 e. The molecular weight excluding hydrogens is 276 g/mol. The minimum absolute atomic E-state index is 0.545. The molecule has 2 nitrogen and oxygen atoms in total. The molecule has 0 bridgehead atoms. The number of halogens is 1. The van der Waals surface area contributed by atoms with Crippen LogP contribution in [0.4, 0.5) is 0 Å². The zero-order valence-electron chi connectivity index (χ0n) is 11.9. The normalized spacial score (nSPS) is 20.2. The largest absolute Gasteiger partial charge is 0.303 e. The zero-order chi connectivity index (χ0) is 13.5. The molecule has 1 aromatic rings. The van der Waals surface area contributed by atoms with Gasteiger partial charge in [0, 0.05) is 11.9 Å². The summed E-state index contributed by atoms with van der Waals surface area (Å²) >= 11 is 7.52. The molecule has 4 heteroatoms. The first-order chi connectivity index (χ1) is 9.31. The minimum Gasteiger partial charge on any atom is -0.303 e. The van der Waals surface area contributed by atoms with Crippen LogP contribution in [0.5, 0.6) is 0 Å². The number of thiazole rings is 1. The third kappa shape index (κ3) is 5.05. The molecule has 1 atom stereocenters. The van der Waals surface area contributed by atoms with Gasteiger partial charge in [-0.15, -0.1) is 22.9 Å². The second-order valence-corrected chi connectivity index (χ2v) is 6.78. The van der Waals surface area contributed by atoms with Crippen LogP contribution < -0.4 is 0 Å². The van der Waals surface area contributed by atoms with Crippen molar-refractivity contribution in [2.75, 3.05) is 19.6 Å². The lowest BCUT2D eigenvalue weighted by atomic mass is 10.0. The molecule has 0 aromatic carbocycles. The Morgan fingerprint density at radius 3 is 3.11 bits per heavy atom. The number of unbranched alkanes of at least 4 members (excludes halogenated alkanes) is 1. The van der Waals surface area contributed by atoms with Gasteiger partial charge in [-0.25, -0.2) is 4.98 Å². The van der Waals surface area contributed by atoms with Crippen LogP contribution in [0.25, 0.3) is 0 Å². The third-order valence-electron chi connectivity index (χ3n) is 3.92. The number of likely N-dealkylation sites (tertiary alicyclic amines) is 1. The molecule has 1 aliphatic rings. The molecule has 1 saturated heterocycles. The summed E-state index contributed by atoms with van der Waals surface area (Å²) in [5.41, 5.74) is 1.03. The fourth-order valence-electron chi connectivity index (χ4n) is 2.90. The molecule has 0 aliphatic carbocycles. The van der Waals surface area contributed by atoms with Gasteiger partial charge in [-0.05, 0) is 51.1 Å². The highest BCUT2D eigenvalue weighted by molar-refractivity contribution is 7.09. The van der Waals surface area contributed by atoms with Crippen LogP contribution in [0.15, 0.2) is 5.38 Å². The van der Waals surface area contributed by atoms with Gasteiger partial charge in [-0.1, -0.05) is 13.3 Å².